The quantitative estimate of drug-likeness (QED) is 0.302. The van der Waals surface area contributed by atoms with Crippen molar-refractivity contribution in [2.75, 3.05) is 6.61 Å². The van der Waals surface area contributed by atoms with Crippen molar-refractivity contribution >= 4 is 24.3 Å². The van der Waals surface area contributed by atoms with E-state index in [0.29, 0.717) is 6.41 Å². The summed E-state index contributed by atoms with van der Waals surface area (Å²) in [6, 6.07) is -1.16. The third-order valence-electron chi connectivity index (χ3n) is 2.69. The van der Waals surface area contributed by atoms with E-state index >= 15 is 0 Å². The van der Waals surface area contributed by atoms with Crippen molar-refractivity contribution in [3.63, 3.8) is 0 Å². The van der Waals surface area contributed by atoms with Crippen LogP contribution in [0.25, 0.3) is 0 Å². The molecule has 0 aromatic heterocycles. The van der Waals surface area contributed by atoms with Gasteiger partial charge in [-0.2, -0.15) is 0 Å². The summed E-state index contributed by atoms with van der Waals surface area (Å²) in [5.41, 5.74) is -1.65. The fourth-order valence-corrected chi connectivity index (χ4v) is 1.83. The zero-order chi connectivity index (χ0) is 19.8. The molecule has 1 N–H and O–H groups in total. The molecule has 0 rings (SSSR count). The molecule has 144 valence electrons. The maximum Gasteiger partial charge on any atom is 0.328 e. The highest BCUT2D eigenvalue weighted by molar-refractivity contribution is 5.96. The highest BCUT2D eigenvalue weighted by Crippen LogP contribution is 2.20. The Morgan fingerprint density at radius 2 is 1.36 bits per heavy atom. The summed E-state index contributed by atoms with van der Waals surface area (Å²) < 4.78 is 15.3. The van der Waals surface area contributed by atoms with E-state index in [1.54, 1.807) is 48.5 Å². The molecule has 8 nitrogen and oxygen atoms in total. The second-order valence-corrected chi connectivity index (χ2v) is 7.44. The summed E-state index contributed by atoms with van der Waals surface area (Å²) in [5, 5.41) is 2.26. The first kappa shape index (κ1) is 22.9. The van der Waals surface area contributed by atoms with Gasteiger partial charge in [-0.25, -0.2) is 4.79 Å². The molecule has 0 radical (unpaired) electrons. The molecule has 0 aliphatic heterocycles. The zero-order valence-electron chi connectivity index (χ0n) is 16.0. The minimum Gasteiger partial charge on any atom is -0.464 e. The van der Waals surface area contributed by atoms with E-state index in [-0.39, 0.29) is 13.0 Å². The first-order valence-electron chi connectivity index (χ1n) is 8.12. The number of ether oxygens (including phenoxy) is 3. The molecule has 0 saturated heterocycles. The molecule has 0 aromatic rings. The number of carbonyl (C=O) groups excluding carboxylic acids is 4. The Hall–Kier alpha value is -2.12. The third kappa shape index (κ3) is 9.69. The molecule has 1 atom stereocenters. The van der Waals surface area contributed by atoms with Crippen molar-refractivity contribution in [2.45, 2.75) is 72.1 Å². The van der Waals surface area contributed by atoms with Crippen LogP contribution in [0.4, 0.5) is 0 Å². The van der Waals surface area contributed by atoms with E-state index in [2.05, 4.69) is 5.32 Å². The molecule has 0 heterocycles. The number of hydrogen-bond donors (Lipinski definition) is 1. The lowest BCUT2D eigenvalue weighted by Gasteiger charge is -2.27. The first-order chi connectivity index (χ1) is 11.3. The highest BCUT2D eigenvalue weighted by Gasteiger charge is 2.38. The molecular weight excluding hydrogens is 330 g/mol. The monoisotopic (exact) mass is 359 g/mol. The van der Waals surface area contributed by atoms with E-state index < -0.39 is 41.1 Å². The summed E-state index contributed by atoms with van der Waals surface area (Å²) >= 11 is 0. The van der Waals surface area contributed by atoms with Crippen molar-refractivity contribution in [3.05, 3.63) is 0 Å². The SMILES string of the molecule is CCOC(=O)[C@@H](CC(C(=O)OC(C)(C)C)C(=O)OC(C)(C)C)NC=O. The lowest BCUT2D eigenvalue weighted by molar-refractivity contribution is -0.175. The van der Waals surface area contributed by atoms with Gasteiger partial charge in [0.1, 0.15) is 17.2 Å². The Morgan fingerprint density at radius 1 is 0.920 bits per heavy atom. The maximum absolute atomic E-state index is 12.4. The van der Waals surface area contributed by atoms with Crippen LogP contribution in [0.2, 0.25) is 0 Å². The van der Waals surface area contributed by atoms with E-state index in [1.807, 2.05) is 0 Å². The second kappa shape index (κ2) is 9.39. The van der Waals surface area contributed by atoms with Gasteiger partial charge in [-0.05, 0) is 48.5 Å². The number of amides is 1. The van der Waals surface area contributed by atoms with Crippen molar-refractivity contribution in [1.82, 2.24) is 5.32 Å². The van der Waals surface area contributed by atoms with Crippen molar-refractivity contribution in [1.29, 1.82) is 0 Å². The molecule has 0 aliphatic rings. The highest BCUT2D eigenvalue weighted by atomic mass is 16.6. The lowest BCUT2D eigenvalue weighted by atomic mass is 9.99. The molecule has 0 fully saturated rings. The molecule has 8 heteroatoms. The Bertz CT molecular complexity index is 460. The number of hydrogen-bond acceptors (Lipinski definition) is 7. The average Bonchev–Trinajstić information content (AvgIpc) is 2.39. The van der Waals surface area contributed by atoms with Gasteiger partial charge < -0.3 is 19.5 Å². The summed E-state index contributed by atoms with van der Waals surface area (Å²) in [6.45, 7) is 11.6. The normalized spacial score (nSPS) is 13.0. The third-order valence-corrected chi connectivity index (χ3v) is 2.69. The number of nitrogens with one attached hydrogen (secondary N) is 1. The Kier molecular flexibility index (Phi) is 8.59. The van der Waals surface area contributed by atoms with Gasteiger partial charge in [-0.1, -0.05) is 0 Å². The van der Waals surface area contributed by atoms with E-state index in [1.165, 1.54) is 0 Å². The molecule has 0 bridgehead atoms. The number of esters is 3. The Labute approximate surface area is 148 Å². The summed E-state index contributed by atoms with van der Waals surface area (Å²) in [7, 11) is 0. The molecular formula is C17H29NO7. The van der Waals surface area contributed by atoms with Crippen LogP contribution in [0.5, 0.6) is 0 Å². The molecule has 25 heavy (non-hydrogen) atoms. The Balaban J connectivity index is 5.46. The smallest absolute Gasteiger partial charge is 0.328 e. The molecule has 0 unspecified atom stereocenters. The summed E-state index contributed by atoms with van der Waals surface area (Å²) in [5.74, 6) is -3.78. The minimum absolute atomic E-state index is 0.0966. The fraction of sp³-hybridized carbons (Fsp3) is 0.765. The standard InChI is InChI=1S/C17H29NO7/c1-8-23-15(22)12(18-10-19)9-11(13(20)24-16(2,3)4)14(21)25-17(5,6)7/h10-12H,8-9H2,1-7H3,(H,18,19)/t12-/m1/s1. The molecule has 0 saturated carbocycles. The maximum atomic E-state index is 12.4. The van der Waals surface area contributed by atoms with E-state index in [0.717, 1.165) is 0 Å². The van der Waals surface area contributed by atoms with E-state index in [4.69, 9.17) is 14.2 Å². The number of rotatable bonds is 8. The van der Waals surface area contributed by atoms with Crippen LogP contribution in [-0.4, -0.2) is 48.2 Å². The topological polar surface area (TPSA) is 108 Å². The van der Waals surface area contributed by atoms with Gasteiger partial charge in [0.2, 0.25) is 6.41 Å². The van der Waals surface area contributed by atoms with Gasteiger partial charge in [0.25, 0.3) is 0 Å². The molecule has 0 aromatic carbocycles. The molecule has 1 amide bonds. The number of carbonyl (C=O) groups is 4. The summed E-state index contributed by atoms with van der Waals surface area (Å²) in [4.78, 5) is 47.5. The van der Waals surface area contributed by atoms with Crippen molar-refractivity contribution < 1.29 is 33.4 Å². The van der Waals surface area contributed by atoms with Gasteiger partial charge in [0.15, 0.2) is 5.92 Å². The van der Waals surface area contributed by atoms with E-state index in [9.17, 15) is 19.2 Å². The zero-order valence-corrected chi connectivity index (χ0v) is 16.0. The first-order valence-corrected chi connectivity index (χ1v) is 8.12. The molecule has 0 spiro atoms. The molecule has 0 aliphatic carbocycles. The van der Waals surface area contributed by atoms with Crippen LogP contribution in [0.1, 0.15) is 54.9 Å². The minimum atomic E-state index is -1.37. The van der Waals surface area contributed by atoms with Crippen LogP contribution in [-0.2, 0) is 33.4 Å². The fourth-order valence-electron chi connectivity index (χ4n) is 1.83. The second-order valence-electron chi connectivity index (χ2n) is 7.44. The van der Waals surface area contributed by atoms with Crippen LogP contribution in [0.15, 0.2) is 0 Å². The van der Waals surface area contributed by atoms with Gasteiger partial charge in [0.05, 0.1) is 6.61 Å². The van der Waals surface area contributed by atoms with Crippen molar-refractivity contribution in [2.24, 2.45) is 5.92 Å². The predicted octanol–water partition coefficient (Wildman–Crippen LogP) is 1.35. The van der Waals surface area contributed by atoms with Crippen LogP contribution in [0, 0.1) is 5.92 Å². The van der Waals surface area contributed by atoms with Crippen LogP contribution >= 0.6 is 0 Å². The van der Waals surface area contributed by atoms with Crippen LogP contribution in [0.3, 0.4) is 0 Å². The Morgan fingerprint density at radius 3 is 1.68 bits per heavy atom. The predicted molar refractivity (Wildman–Crippen MR) is 89.4 cm³/mol. The lowest BCUT2D eigenvalue weighted by Crippen LogP contribution is -2.44. The van der Waals surface area contributed by atoms with Crippen molar-refractivity contribution in [3.8, 4) is 0 Å². The van der Waals surface area contributed by atoms with Gasteiger partial charge in [-0.3, -0.25) is 14.4 Å². The van der Waals surface area contributed by atoms with Gasteiger partial charge in [0, 0.05) is 6.42 Å². The van der Waals surface area contributed by atoms with Gasteiger partial charge in [-0.15, -0.1) is 0 Å². The largest absolute Gasteiger partial charge is 0.464 e. The summed E-state index contributed by atoms with van der Waals surface area (Å²) in [6.07, 6.45) is -0.00969. The average molecular weight is 359 g/mol. The van der Waals surface area contributed by atoms with Gasteiger partial charge >= 0.3 is 17.9 Å². The van der Waals surface area contributed by atoms with Crippen LogP contribution < -0.4 is 5.32 Å².